The lowest BCUT2D eigenvalue weighted by Gasteiger charge is -2.25. The summed E-state index contributed by atoms with van der Waals surface area (Å²) >= 11 is 0. The van der Waals surface area contributed by atoms with Gasteiger partial charge in [-0.05, 0) is 26.9 Å². The van der Waals surface area contributed by atoms with Crippen LogP contribution in [0, 0.1) is 0 Å². The predicted molar refractivity (Wildman–Crippen MR) is 77.5 cm³/mol. The number of benzene rings is 2. The van der Waals surface area contributed by atoms with E-state index in [4.69, 9.17) is 5.53 Å². The molecule has 0 saturated heterocycles. The van der Waals surface area contributed by atoms with Crippen molar-refractivity contribution in [1.82, 2.24) is 0 Å². The van der Waals surface area contributed by atoms with E-state index >= 15 is 0 Å². The smallest absolute Gasteiger partial charge is 0.113 e. The quantitative estimate of drug-likeness (QED) is 0.348. The summed E-state index contributed by atoms with van der Waals surface area (Å²) in [6.07, 6.45) is 0. The Balaban J connectivity index is 2.65. The number of azide groups is 1. The van der Waals surface area contributed by atoms with Crippen molar-refractivity contribution in [1.29, 1.82) is 0 Å². The van der Waals surface area contributed by atoms with Crippen molar-refractivity contribution in [3.05, 3.63) is 71.1 Å². The lowest BCUT2D eigenvalue weighted by atomic mass is 10.4. The molecule has 0 radical (unpaired) electrons. The number of hydrogen-bond donors (Lipinski definition) is 0. The minimum Gasteiger partial charge on any atom is -0.113 e. The topological polar surface area (TPSA) is 48.8 Å². The zero-order chi connectivity index (χ0) is 12.8. The second-order valence-corrected chi connectivity index (χ2v) is 7.92. The van der Waals surface area contributed by atoms with Crippen LogP contribution in [0.25, 0.3) is 10.4 Å². The van der Waals surface area contributed by atoms with E-state index in [1.165, 1.54) is 0 Å². The second kappa shape index (κ2) is 5.54. The fraction of sp³-hybridized carbons (Fsp3) is 0.143. The summed E-state index contributed by atoms with van der Waals surface area (Å²) in [5.74, 6) is 0. The van der Waals surface area contributed by atoms with Gasteiger partial charge < -0.3 is 0 Å². The van der Waals surface area contributed by atoms with E-state index in [0.717, 1.165) is 16.4 Å². The van der Waals surface area contributed by atoms with Crippen LogP contribution in [0.5, 0.6) is 0 Å². The first-order chi connectivity index (χ1) is 8.83. The molecule has 0 heterocycles. The summed E-state index contributed by atoms with van der Waals surface area (Å²) in [4.78, 5) is 3.12. The van der Waals surface area contributed by atoms with Crippen LogP contribution in [0.1, 0.15) is 6.92 Å². The minimum absolute atomic E-state index is 0.866. The number of nitrogens with zero attached hydrogens (tertiary/aromatic N) is 3. The third-order valence-corrected chi connectivity index (χ3v) is 7.26. The van der Waals surface area contributed by atoms with Gasteiger partial charge in [-0.15, -0.1) is 4.78 Å². The molecule has 0 bridgehead atoms. The molecule has 0 aliphatic rings. The van der Waals surface area contributed by atoms with Crippen LogP contribution in [0.15, 0.2) is 65.4 Å². The first kappa shape index (κ1) is 12.4. The summed E-state index contributed by atoms with van der Waals surface area (Å²) in [5.41, 5.74) is 8.95. The molecule has 90 valence electrons. The zero-order valence-electron chi connectivity index (χ0n) is 10.3. The maximum Gasteiger partial charge on any atom is 0.217 e. The molecule has 0 amide bonds. The molecule has 0 unspecified atom stereocenters. The largest absolute Gasteiger partial charge is 0.217 e. The maximum atomic E-state index is 8.95. The minimum atomic E-state index is -2.31. The van der Waals surface area contributed by atoms with Crippen LogP contribution < -0.4 is 10.4 Å². The van der Waals surface area contributed by atoms with Gasteiger partial charge in [-0.25, -0.2) is 0 Å². The average Bonchev–Trinajstić information content (AvgIpc) is 2.47. The third kappa shape index (κ3) is 2.16. The molecule has 2 aromatic carbocycles. The van der Waals surface area contributed by atoms with Crippen molar-refractivity contribution < 1.29 is 0 Å². The molecule has 3 nitrogen and oxygen atoms in total. The number of hydrogen-bond acceptors (Lipinski definition) is 1. The second-order valence-electron chi connectivity index (χ2n) is 4.14. The Hall–Kier alpha value is -2.03. The Kier molecular flexibility index (Phi) is 3.82. The first-order valence-corrected chi connectivity index (χ1v) is 8.16. The molecule has 0 aliphatic heterocycles. The Morgan fingerprint density at radius 3 is 1.72 bits per heavy atom. The highest BCUT2D eigenvalue weighted by molar-refractivity contribution is 7.00. The van der Waals surface area contributed by atoms with Crippen LogP contribution >= 0.6 is 0 Å². The lowest BCUT2D eigenvalue weighted by molar-refractivity contribution is 1.34. The average molecular weight is 253 g/mol. The first-order valence-electron chi connectivity index (χ1n) is 6.01. The van der Waals surface area contributed by atoms with Gasteiger partial charge in [-0.2, -0.15) is 0 Å². The van der Waals surface area contributed by atoms with E-state index in [1.54, 1.807) is 0 Å². The fourth-order valence-corrected chi connectivity index (χ4v) is 5.43. The number of rotatable bonds is 4. The van der Waals surface area contributed by atoms with E-state index in [9.17, 15) is 0 Å². The van der Waals surface area contributed by atoms with Crippen molar-refractivity contribution in [2.75, 3.05) is 0 Å². The summed E-state index contributed by atoms with van der Waals surface area (Å²) in [5, 5.41) is 2.33. The van der Waals surface area contributed by atoms with Crippen LogP contribution in [0.4, 0.5) is 0 Å². The monoisotopic (exact) mass is 253 g/mol. The molecule has 2 rings (SSSR count). The highest BCUT2D eigenvalue weighted by Crippen LogP contribution is 2.12. The summed E-state index contributed by atoms with van der Waals surface area (Å²) < 4.78 is 4.23. The SMILES string of the molecule is CC[Si](N=[N+]=[N-])(c1ccccc1)c1ccccc1. The molecule has 18 heavy (non-hydrogen) atoms. The molecular weight excluding hydrogens is 238 g/mol. The zero-order valence-corrected chi connectivity index (χ0v) is 11.3. The Morgan fingerprint density at radius 2 is 1.39 bits per heavy atom. The molecule has 0 aromatic heterocycles. The third-order valence-electron chi connectivity index (χ3n) is 3.23. The van der Waals surface area contributed by atoms with Crippen LogP contribution in [-0.2, 0) is 0 Å². The van der Waals surface area contributed by atoms with Crippen molar-refractivity contribution in [2.45, 2.75) is 13.0 Å². The molecular formula is C14H15N3Si. The standard InChI is InChI=1S/C14H15N3Si/c1-2-18(17-16-15,13-9-5-3-6-10-13)14-11-7-4-8-12-14/h3-12H,2H2,1H3. The Bertz CT molecular complexity index is 508. The molecule has 0 saturated carbocycles. The predicted octanol–water partition coefficient (Wildman–Crippen LogP) is 3.08. The molecule has 0 atom stereocenters. The summed E-state index contributed by atoms with van der Waals surface area (Å²) in [6.45, 7) is 2.10. The summed E-state index contributed by atoms with van der Waals surface area (Å²) in [6, 6.07) is 21.1. The summed E-state index contributed by atoms with van der Waals surface area (Å²) in [7, 11) is -2.31. The van der Waals surface area contributed by atoms with Crippen molar-refractivity contribution in [3.63, 3.8) is 0 Å². The van der Waals surface area contributed by atoms with E-state index in [2.05, 4.69) is 40.9 Å². The van der Waals surface area contributed by atoms with Crippen LogP contribution in [0.3, 0.4) is 0 Å². The fourth-order valence-electron chi connectivity index (χ4n) is 2.27. The van der Waals surface area contributed by atoms with Gasteiger partial charge in [0.1, 0.15) is 0 Å². The lowest BCUT2D eigenvalue weighted by Crippen LogP contribution is -2.56. The van der Waals surface area contributed by atoms with Gasteiger partial charge in [0, 0.05) is 0 Å². The molecule has 0 spiro atoms. The molecule has 2 aromatic rings. The highest BCUT2D eigenvalue weighted by atomic mass is 28.3. The molecule has 0 aliphatic carbocycles. The van der Waals surface area contributed by atoms with Crippen molar-refractivity contribution in [3.8, 4) is 0 Å². The van der Waals surface area contributed by atoms with E-state index in [-0.39, 0.29) is 0 Å². The van der Waals surface area contributed by atoms with Gasteiger partial charge >= 0.3 is 0 Å². The van der Waals surface area contributed by atoms with E-state index in [0.29, 0.717) is 0 Å². The van der Waals surface area contributed by atoms with Crippen LogP contribution in [-0.4, -0.2) is 8.24 Å². The van der Waals surface area contributed by atoms with Gasteiger partial charge in [0.2, 0.25) is 8.24 Å². The normalized spacial score (nSPS) is 10.7. The Morgan fingerprint density at radius 1 is 0.944 bits per heavy atom. The molecule has 4 heteroatoms. The molecule has 0 N–H and O–H groups in total. The Labute approximate surface area is 108 Å². The van der Waals surface area contributed by atoms with E-state index < -0.39 is 8.24 Å². The maximum absolute atomic E-state index is 8.95. The molecule has 0 fully saturated rings. The van der Waals surface area contributed by atoms with Gasteiger partial charge in [0.05, 0.1) is 0 Å². The van der Waals surface area contributed by atoms with Gasteiger partial charge in [0.15, 0.2) is 0 Å². The van der Waals surface area contributed by atoms with Crippen LogP contribution in [0.2, 0.25) is 6.04 Å². The van der Waals surface area contributed by atoms with E-state index in [1.807, 2.05) is 36.4 Å². The van der Waals surface area contributed by atoms with Gasteiger partial charge in [-0.3, -0.25) is 0 Å². The highest BCUT2D eigenvalue weighted by Gasteiger charge is 2.34. The van der Waals surface area contributed by atoms with Gasteiger partial charge in [-0.1, -0.05) is 67.6 Å². The van der Waals surface area contributed by atoms with Gasteiger partial charge in [0.25, 0.3) is 0 Å². The van der Waals surface area contributed by atoms with Crippen molar-refractivity contribution in [2.24, 2.45) is 4.78 Å². The van der Waals surface area contributed by atoms with Crippen molar-refractivity contribution >= 4 is 18.6 Å².